The van der Waals surface area contributed by atoms with E-state index in [9.17, 15) is 9.32 Å². The molecular weight excluding hydrogens is 292 g/mol. The number of phenolic OH excluding ortho intramolecular Hbond substituents is 1. The maximum Gasteiger partial charge on any atom is 0.139 e. The van der Waals surface area contributed by atoms with Crippen LogP contribution in [-0.2, 0) is 10.8 Å². The summed E-state index contributed by atoms with van der Waals surface area (Å²) < 4.78 is 12.7. The Bertz CT molecular complexity index is 809. The minimum atomic E-state index is -1.40. The highest BCUT2D eigenvalue weighted by Crippen LogP contribution is 2.35. The van der Waals surface area contributed by atoms with Crippen molar-refractivity contribution in [3.8, 4) is 16.9 Å². The molecule has 0 aliphatic heterocycles. The highest BCUT2D eigenvalue weighted by atomic mass is 32.2. The molecule has 1 N–H and O–H groups in total. The summed E-state index contributed by atoms with van der Waals surface area (Å²) in [6.07, 6.45) is 0. The summed E-state index contributed by atoms with van der Waals surface area (Å²) in [7, 11) is -1.40. The lowest BCUT2D eigenvalue weighted by Crippen LogP contribution is -1.94. The molecule has 3 rings (SSSR count). The topological polar surface area (TPSA) is 37.3 Å². The first-order valence-electron chi connectivity index (χ1n) is 7.02. The summed E-state index contributed by atoms with van der Waals surface area (Å²) in [5.41, 5.74) is 2.71. The first-order chi connectivity index (χ1) is 10.7. The van der Waals surface area contributed by atoms with Crippen LogP contribution in [0.25, 0.3) is 11.1 Å². The van der Waals surface area contributed by atoms with Crippen LogP contribution >= 0.6 is 0 Å². The van der Waals surface area contributed by atoms with Crippen LogP contribution in [0, 0.1) is 6.92 Å². The molecule has 0 bridgehead atoms. The number of benzene rings is 3. The van der Waals surface area contributed by atoms with Crippen molar-refractivity contribution in [2.24, 2.45) is 0 Å². The van der Waals surface area contributed by atoms with E-state index >= 15 is 0 Å². The van der Waals surface area contributed by atoms with Crippen LogP contribution in [0.2, 0.25) is 0 Å². The van der Waals surface area contributed by atoms with E-state index in [2.05, 4.69) is 0 Å². The van der Waals surface area contributed by atoms with Gasteiger partial charge in [-0.15, -0.1) is 0 Å². The second-order valence-electron chi connectivity index (χ2n) is 5.10. The number of rotatable bonds is 3. The number of hydrogen-bond donors (Lipinski definition) is 1. The number of phenols is 1. The van der Waals surface area contributed by atoms with E-state index < -0.39 is 10.8 Å². The second-order valence-corrected chi connectivity index (χ2v) is 6.55. The van der Waals surface area contributed by atoms with Gasteiger partial charge in [-0.3, -0.25) is 0 Å². The first-order valence-corrected chi connectivity index (χ1v) is 8.17. The molecule has 1 unspecified atom stereocenters. The van der Waals surface area contributed by atoms with Crippen molar-refractivity contribution >= 4 is 10.8 Å². The zero-order valence-corrected chi connectivity index (χ0v) is 13.0. The molecule has 3 aromatic carbocycles. The number of para-hydroxylation sites is 1. The van der Waals surface area contributed by atoms with E-state index in [4.69, 9.17) is 0 Å². The number of aromatic hydroxyl groups is 1. The lowest BCUT2D eigenvalue weighted by molar-refractivity contribution is 0.463. The third-order valence-corrected chi connectivity index (χ3v) is 4.95. The lowest BCUT2D eigenvalue weighted by Gasteiger charge is -2.10. The minimum absolute atomic E-state index is 0.0765. The largest absolute Gasteiger partial charge is 0.506 e. The van der Waals surface area contributed by atoms with Crippen LogP contribution in [0.1, 0.15) is 5.56 Å². The molecule has 0 saturated carbocycles. The average molecular weight is 308 g/mol. The van der Waals surface area contributed by atoms with Crippen molar-refractivity contribution in [3.63, 3.8) is 0 Å². The predicted octanol–water partition coefficient (Wildman–Crippen LogP) is 4.53. The molecule has 1 atom stereocenters. The van der Waals surface area contributed by atoms with Crippen molar-refractivity contribution in [1.82, 2.24) is 0 Å². The highest BCUT2D eigenvalue weighted by Gasteiger charge is 2.15. The first kappa shape index (κ1) is 14.5. The van der Waals surface area contributed by atoms with Gasteiger partial charge >= 0.3 is 0 Å². The third kappa shape index (κ3) is 2.81. The lowest BCUT2D eigenvalue weighted by atomic mass is 10.1. The molecule has 0 amide bonds. The maximum atomic E-state index is 12.7. The molecule has 0 radical (unpaired) electrons. The molecule has 2 nitrogen and oxygen atoms in total. The van der Waals surface area contributed by atoms with Gasteiger partial charge in [0.25, 0.3) is 0 Å². The Morgan fingerprint density at radius 2 is 1.50 bits per heavy atom. The molecule has 3 heteroatoms. The van der Waals surface area contributed by atoms with Crippen LogP contribution in [0.5, 0.6) is 5.75 Å². The fourth-order valence-corrected chi connectivity index (χ4v) is 3.44. The predicted molar refractivity (Wildman–Crippen MR) is 89.4 cm³/mol. The summed E-state index contributed by atoms with van der Waals surface area (Å²) in [5, 5.41) is 10.5. The van der Waals surface area contributed by atoms with E-state index in [0.717, 1.165) is 11.1 Å². The van der Waals surface area contributed by atoms with Crippen LogP contribution < -0.4 is 0 Å². The minimum Gasteiger partial charge on any atom is -0.506 e. The highest BCUT2D eigenvalue weighted by molar-refractivity contribution is 7.85. The van der Waals surface area contributed by atoms with Gasteiger partial charge in [-0.25, -0.2) is 4.21 Å². The Balaban J connectivity index is 2.05. The van der Waals surface area contributed by atoms with Crippen molar-refractivity contribution in [1.29, 1.82) is 0 Å². The molecule has 110 valence electrons. The quantitative estimate of drug-likeness (QED) is 0.771. The van der Waals surface area contributed by atoms with E-state index in [0.29, 0.717) is 15.4 Å². The Hall–Kier alpha value is -2.39. The average Bonchev–Trinajstić information content (AvgIpc) is 2.56. The van der Waals surface area contributed by atoms with Gasteiger partial charge in [0.1, 0.15) is 5.75 Å². The normalized spacial score (nSPS) is 12.0. The van der Waals surface area contributed by atoms with Gasteiger partial charge in [-0.2, -0.15) is 0 Å². The molecule has 0 saturated heterocycles. The summed E-state index contributed by atoms with van der Waals surface area (Å²) in [6.45, 7) is 1.99. The summed E-state index contributed by atoms with van der Waals surface area (Å²) in [6, 6.07) is 22.5. The van der Waals surface area contributed by atoms with E-state index in [1.54, 1.807) is 6.07 Å². The molecule has 22 heavy (non-hydrogen) atoms. The molecule has 0 heterocycles. The molecule has 0 spiro atoms. The standard InChI is InChI=1S/C19H16O2S/c1-14-10-12-16(13-11-14)22(21)18-9-5-8-17(19(18)20)15-6-3-2-4-7-15/h2-13,20H,1H3. The zero-order valence-electron chi connectivity index (χ0n) is 12.2. The van der Waals surface area contributed by atoms with Gasteiger partial charge in [0.2, 0.25) is 0 Å². The van der Waals surface area contributed by atoms with Crippen molar-refractivity contribution in [2.75, 3.05) is 0 Å². The Kier molecular flexibility index (Phi) is 4.07. The molecule has 0 aliphatic rings. The molecule has 3 aromatic rings. The molecular formula is C19H16O2S. The van der Waals surface area contributed by atoms with E-state index in [1.807, 2.05) is 73.7 Å². The Morgan fingerprint density at radius 1 is 0.818 bits per heavy atom. The van der Waals surface area contributed by atoms with Gasteiger partial charge in [0, 0.05) is 10.5 Å². The summed E-state index contributed by atoms with van der Waals surface area (Å²) in [5.74, 6) is 0.0765. The monoisotopic (exact) mass is 308 g/mol. The third-order valence-electron chi connectivity index (χ3n) is 3.52. The molecule has 0 fully saturated rings. The Labute approximate surface area is 132 Å². The van der Waals surface area contributed by atoms with Crippen LogP contribution in [0.15, 0.2) is 82.6 Å². The maximum absolute atomic E-state index is 12.7. The molecule has 0 aromatic heterocycles. The van der Waals surface area contributed by atoms with Crippen LogP contribution in [-0.4, -0.2) is 9.32 Å². The van der Waals surface area contributed by atoms with E-state index in [-0.39, 0.29) is 5.75 Å². The fraction of sp³-hybridized carbons (Fsp3) is 0.0526. The van der Waals surface area contributed by atoms with Gasteiger partial charge < -0.3 is 5.11 Å². The number of hydrogen-bond acceptors (Lipinski definition) is 2. The van der Waals surface area contributed by atoms with E-state index in [1.165, 1.54) is 0 Å². The van der Waals surface area contributed by atoms with Crippen LogP contribution in [0.4, 0.5) is 0 Å². The second kappa shape index (κ2) is 6.16. The SMILES string of the molecule is Cc1ccc(S(=O)c2cccc(-c3ccccc3)c2O)cc1. The van der Waals surface area contributed by atoms with Crippen LogP contribution in [0.3, 0.4) is 0 Å². The van der Waals surface area contributed by atoms with Gasteiger partial charge in [0.05, 0.1) is 15.7 Å². The number of aryl methyl sites for hydroxylation is 1. The van der Waals surface area contributed by atoms with Gasteiger partial charge in [0.15, 0.2) is 0 Å². The van der Waals surface area contributed by atoms with Crippen molar-refractivity contribution in [3.05, 3.63) is 78.4 Å². The van der Waals surface area contributed by atoms with Crippen molar-refractivity contribution in [2.45, 2.75) is 16.7 Å². The fourth-order valence-electron chi connectivity index (χ4n) is 2.31. The zero-order chi connectivity index (χ0) is 15.5. The van der Waals surface area contributed by atoms with Gasteiger partial charge in [-0.1, -0.05) is 60.2 Å². The van der Waals surface area contributed by atoms with Gasteiger partial charge in [-0.05, 0) is 30.7 Å². The summed E-state index contributed by atoms with van der Waals surface area (Å²) in [4.78, 5) is 1.12. The smallest absolute Gasteiger partial charge is 0.139 e. The Morgan fingerprint density at radius 3 is 2.18 bits per heavy atom. The molecule has 0 aliphatic carbocycles. The van der Waals surface area contributed by atoms with Crippen molar-refractivity contribution < 1.29 is 9.32 Å². The summed E-state index contributed by atoms with van der Waals surface area (Å²) >= 11 is 0.